The van der Waals surface area contributed by atoms with Crippen molar-refractivity contribution in [1.82, 2.24) is 9.97 Å². The summed E-state index contributed by atoms with van der Waals surface area (Å²) < 4.78 is 1.04. The number of hydrogen-bond donors (Lipinski definition) is 2. The Labute approximate surface area is 96.5 Å². The molecule has 3 N–H and O–H groups in total. The van der Waals surface area contributed by atoms with E-state index in [-0.39, 0.29) is 5.28 Å². The third kappa shape index (κ3) is 2.37. The summed E-state index contributed by atoms with van der Waals surface area (Å²) in [4.78, 5) is 8.28. The third-order valence-electron chi connectivity index (χ3n) is 1.95. The van der Waals surface area contributed by atoms with Crippen molar-refractivity contribution in [3.05, 3.63) is 16.7 Å². The maximum Gasteiger partial charge on any atom is 0.224 e. The highest BCUT2D eigenvalue weighted by Gasteiger charge is 2.06. The first-order chi connectivity index (χ1) is 7.31. The maximum absolute atomic E-state index is 5.81. The minimum Gasteiger partial charge on any atom is -0.369 e. The number of halogens is 1. The molecule has 4 nitrogen and oxygen atoms in total. The number of thiophene rings is 1. The number of nitrogens with zero attached hydrogens (tertiary/aromatic N) is 2. The number of fused-ring (bicyclic) bond motifs is 1. The Morgan fingerprint density at radius 2 is 2.33 bits per heavy atom. The topological polar surface area (TPSA) is 63.8 Å². The van der Waals surface area contributed by atoms with E-state index in [2.05, 4.69) is 15.3 Å². The minimum atomic E-state index is 0.274. The molecular formula is C9H11ClN4S. The van der Waals surface area contributed by atoms with Gasteiger partial charge in [-0.05, 0) is 36.0 Å². The third-order valence-corrected chi connectivity index (χ3v) is 3.03. The van der Waals surface area contributed by atoms with Gasteiger partial charge in [0.1, 0.15) is 5.82 Å². The molecule has 0 aliphatic heterocycles. The van der Waals surface area contributed by atoms with E-state index in [1.807, 2.05) is 11.4 Å². The second-order valence-electron chi connectivity index (χ2n) is 3.05. The summed E-state index contributed by atoms with van der Waals surface area (Å²) in [6.45, 7) is 1.47. The second-order valence-corrected chi connectivity index (χ2v) is 4.30. The van der Waals surface area contributed by atoms with Gasteiger partial charge in [-0.3, -0.25) is 0 Å². The zero-order valence-electron chi connectivity index (χ0n) is 8.03. The van der Waals surface area contributed by atoms with Gasteiger partial charge in [0.2, 0.25) is 5.28 Å². The van der Waals surface area contributed by atoms with Crippen molar-refractivity contribution in [1.29, 1.82) is 0 Å². The Balaban J connectivity index is 2.27. The van der Waals surface area contributed by atoms with E-state index in [0.717, 1.165) is 29.0 Å². The van der Waals surface area contributed by atoms with Crippen LogP contribution in [0, 0.1) is 0 Å². The van der Waals surface area contributed by atoms with Crippen LogP contribution in [-0.4, -0.2) is 23.1 Å². The van der Waals surface area contributed by atoms with Crippen molar-refractivity contribution in [3.8, 4) is 0 Å². The molecule has 2 rings (SSSR count). The highest BCUT2D eigenvalue weighted by atomic mass is 35.5. The molecule has 0 saturated carbocycles. The van der Waals surface area contributed by atoms with Crippen LogP contribution >= 0.6 is 22.9 Å². The van der Waals surface area contributed by atoms with E-state index in [1.165, 1.54) is 0 Å². The van der Waals surface area contributed by atoms with Gasteiger partial charge < -0.3 is 11.1 Å². The Kier molecular flexibility index (Phi) is 3.35. The lowest BCUT2D eigenvalue weighted by atomic mass is 10.4. The van der Waals surface area contributed by atoms with Gasteiger partial charge in [-0.15, -0.1) is 11.3 Å². The first-order valence-electron chi connectivity index (χ1n) is 4.66. The monoisotopic (exact) mass is 242 g/mol. The molecule has 0 amide bonds. The molecule has 80 valence electrons. The van der Waals surface area contributed by atoms with E-state index in [0.29, 0.717) is 6.54 Å². The smallest absolute Gasteiger partial charge is 0.224 e. The van der Waals surface area contributed by atoms with Crippen LogP contribution in [0.15, 0.2) is 11.4 Å². The van der Waals surface area contributed by atoms with Crippen molar-refractivity contribution >= 4 is 39.0 Å². The lowest BCUT2D eigenvalue weighted by molar-refractivity contribution is 0.871. The summed E-state index contributed by atoms with van der Waals surface area (Å²) in [6.07, 6.45) is 0.911. The second kappa shape index (κ2) is 4.74. The Hall–Kier alpha value is -0.910. The zero-order valence-corrected chi connectivity index (χ0v) is 9.61. The van der Waals surface area contributed by atoms with Crippen LogP contribution in [0.4, 0.5) is 5.82 Å². The van der Waals surface area contributed by atoms with Crippen LogP contribution < -0.4 is 11.1 Å². The quantitative estimate of drug-likeness (QED) is 0.637. The normalized spacial score (nSPS) is 10.8. The number of anilines is 1. The maximum atomic E-state index is 5.81. The number of nitrogens with one attached hydrogen (secondary N) is 1. The molecule has 2 aromatic rings. The molecule has 2 heterocycles. The summed E-state index contributed by atoms with van der Waals surface area (Å²) in [5, 5.41) is 5.46. The highest BCUT2D eigenvalue weighted by molar-refractivity contribution is 7.17. The molecule has 0 aliphatic rings. The largest absolute Gasteiger partial charge is 0.369 e. The fourth-order valence-corrected chi connectivity index (χ4v) is 2.24. The lowest BCUT2D eigenvalue weighted by Gasteiger charge is -2.05. The molecular weight excluding hydrogens is 232 g/mol. The zero-order chi connectivity index (χ0) is 10.7. The van der Waals surface area contributed by atoms with Gasteiger partial charge in [-0.25, -0.2) is 4.98 Å². The Bertz CT molecular complexity index is 456. The van der Waals surface area contributed by atoms with Gasteiger partial charge in [0.05, 0.1) is 10.2 Å². The van der Waals surface area contributed by atoms with Crippen LogP contribution in [0.25, 0.3) is 10.2 Å². The number of rotatable bonds is 4. The molecule has 0 unspecified atom stereocenters. The van der Waals surface area contributed by atoms with Gasteiger partial charge in [0, 0.05) is 6.54 Å². The molecule has 2 aromatic heterocycles. The Morgan fingerprint density at radius 1 is 1.47 bits per heavy atom. The molecule has 0 aliphatic carbocycles. The summed E-state index contributed by atoms with van der Waals surface area (Å²) in [5.41, 5.74) is 6.30. The molecule has 0 aromatic carbocycles. The van der Waals surface area contributed by atoms with Crippen molar-refractivity contribution in [3.63, 3.8) is 0 Å². The van der Waals surface area contributed by atoms with Crippen LogP contribution in [-0.2, 0) is 0 Å². The van der Waals surface area contributed by atoms with Gasteiger partial charge >= 0.3 is 0 Å². The van der Waals surface area contributed by atoms with E-state index in [9.17, 15) is 0 Å². The predicted molar refractivity (Wildman–Crippen MR) is 64.6 cm³/mol. The van der Waals surface area contributed by atoms with Crippen LogP contribution in [0.3, 0.4) is 0 Å². The first kappa shape index (κ1) is 10.6. The minimum absolute atomic E-state index is 0.274. The summed E-state index contributed by atoms with van der Waals surface area (Å²) in [5.74, 6) is 0.799. The number of hydrogen-bond acceptors (Lipinski definition) is 5. The van der Waals surface area contributed by atoms with Crippen LogP contribution in [0.5, 0.6) is 0 Å². The van der Waals surface area contributed by atoms with Crippen molar-refractivity contribution in [2.45, 2.75) is 6.42 Å². The van der Waals surface area contributed by atoms with E-state index < -0.39 is 0 Å². The molecule has 15 heavy (non-hydrogen) atoms. The number of nitrogens with two attached hydrogens (primary N) is 1. The molecule has 0 spiro atoms. The first-order valence-corrected chi connectivity index (χ1v) is 5.91. The van der Waals surface area contributed by atoms with Crippen molar-refractivity contribution in [2.75, 3.05) is 18.4 Å². The summed E-state index contributed by atoms with van der Waals surface area (Å²) in [6, 6.07) is 1.93. The molecule has 0 fully saturated rings. The summed E-state index contributed by atoms with van der Waals surface area (Å²) in [7, 11) is 0. The molecule has 0 atom stereocenters. The average molecular weight is 243 g/mol. The van der Waals surface area contributed by atoms with Crippen molar-refractivity contribution in [2.24, 2.45) is 5.73 Å². The SMILES string of the molecule is NCCCNc1nc(Cl)nc2ccsc12. The highest BCUT2D eigenvalue weighted by Crippen LogP contribution is 2.26. The fourth-order valence-electron chi connectivity index (χ4n) is 1.26. The Morgan fingerprint density at radius 3 is 3.13 bits per heavy atom. The van der Waals surface area contributed by atoms with Crippen molar-refractivity contribution < 1.29 is 0 Å². The van der Waals surface area contributed by atoms with E-state index in [4.69, 9.17) is 17.3 Å². The lowest BCUT2D eigenvalue weighted by Crippen LogP contribution is -2.09. The van der Waals surface area contributed by atoms with Crippen LogP contribution in [0.1, 0.15) is 6.42 Å². The number of aromatic nitrogens is 2. The fraction of sp³-hybridized carbons (Fsp3) is 0.333. The van der Waals surface area contributed by atoms with Crippen LogP contribution in [0.2, 0.25) is 5.28 Å². The molecule has 0 saturated heterocycles. The predicted octanol–water partition coefficient (Wildman–Crippen LogP) is 2.11. The standard InChI is InChI=1S/C9H11ClN4S/c10-9-13-6-2-5-15-7(6)8(14-9)12-4-1-3-11/h2,5H,1,3-4,11H2,(H,12,13,14). The van der Waals surface area contributed by atoms with Gasteiger partial charge in [-0.2, -0.15) is 4.98 Å². The average Bonchev–Trinajstić information content (AvgIpc) is 2.65. The summed E-state index contributed by atoms with van der Waals surface area (Å²) >= 11 is 7.41. The van der Waals surface area contributed by atoms with Gasteiger partial charge in [-0.1, -0.05) is 0 Å². The molecule has 6 heteroatoms. The molecule has 0 bridgehead atoms. The molecule has 0 radical (unpaired) electrons. The van der Waals surface area contributed by atoms with Gasteiger partial charge in [0.25, 0.3) is 0 Å². The van der Waals surface area contributed by atoms with E-state index >= 15 is 0 Å². The van der Waals surface area contributed by atoms with Gasteiger partial charge in [0.15, 0.2) is 0 Å². The van der Waals surface area contributed by atoms with E-state index in [1.54, 1.807) is 11.3 Å².